The molecular weight excluding hydrogens is 312 g/mol. The number of aliphatic hydroxyl groups excluding tert-OH is 1. The van der Waals surface area contributed by atoms with E-state index in [1.54, 1.807) is 24.3 Å². The van der Waals surface area contributed by atoms with Crippen molar-refractivity contribution >= 4 is 23.2 Å². The van der Waals surface area contributed by atoms with Crippen LogP contribution in [0.15, 0.2) is 48.5 Å². The molecule has 3 rings (SSSR count). The lowest BCUT2D eigenvalue weighted by Crippen LogP contribution is -2.21. The standard InChI is InChI=1S/C18H19ClN2O2/c19-15-5-3-14(4-6-15)18(23)20-16-7-1-13(2-8-16)11-21-10-9-17(22)12-21/h1-8,17,22H,9-12H2,(H,20,23). The zero-order valence-corrected chi connectivity index (χ0v) is 13.5. The molecule has 0 spiro atoms. The molecule has 120 valence electrons. The van der Waals surface area contributed by atoms with Gasteiger partial charge in [-0.1, -0.05) is 23.7 Å². The molecule has 1 aliphatic heterocycles. The number of carbonyl (C=O) groups is 1. The van der Waals surface area contributed by atoms with Crippen LogP contribution >= 0.6 is 11.6 Å². The van der Waals surface area contributed by atoms with Crippen LogP contribution in [0.5, 0.6) is 0 Å². The Balaban J connectivity index is 1.58. The average molecular weight is 331 g/mol. The van der Waals surface area contributed by atoms with Crippen LogP contribution in [0.3, 0.4) is 0 Å². The lowest BCUT2D eigenvalue weighted by Gasteiger charge is -2.15. The maximum Gasteiger partial charge on any atom is 0.255 e. The van der Waals surface area contributed by atoms with Gasteiger partial charge < -0.3 is 10.4 Å². The summed E-state index contributed by atoms with van der Waals surface area (Å²) in [6.07, 6.45) is 0.642. The highest BCUT2D eigenvalue weighted by molar-refractivity contribution is 6.30. The molecule has 2 N–H and O–H groups in total. The highest BCUT2D eigenvalue weighted by Gasteiger charge is 2.19. The molecule has 0 aliphatic carbocycles. The summed E-state index contributed by atoms with van der Waals surface area (Å²) in [5.74, 6) is -0.155. The number of benzene rings is 2. The van der Waals surface area contributed by atoms with Crippen molar-refractivity contribution < 1.29 is 9.90 Å². The molecule has 1 amide bonds. The van der Waals surface area contributed by atoms with E-state index in [4.69, 9.17) is 11.6 Å². The molecule has 0 bridgehead atoms. The summed E-state index contributed by atoms with van der Waals surface area (Å²) in [5, 5.41) is 13.0. The predicted molar refractivity (Wildman–Crippen MR) is 91.7 cm³/mol. The molecule has 1 fully saturated rings. The molecule has 1 unspecified atom stereocenters. The van der Waals surface area contributed by atoms with Crippen molar-refractivity contribution in [2.24, 2.45) is 0 Å². The van der Waals surface area contributed by atoms with Gasteiger partial charge in [0.2, 0.25) is 0 Å². The van der Waals surface area contributed by atoms with Gasteiger partial charge in [0.15, 0.2) is 0 Å². The molecule has 1 aliphatic rings. The molecule has 2 aromatic rings. The van der Waals surface area contributed by atoms with Crippen LogP contribution in [0, 0.1) is 0 Å². The molecule has 0 aromatic heterocycles. The number of hydrogen-bond acceptors (Lipinski definition) is 3. The van der Waals surface area contributed by atoms with E-state index >= 15 is 0 Å². The minimum absolute atomic E-state index is 0.155. The molecule has 1 heterocycles. The topological polar surface area (TPSA) is 52.6 Å². The van der Waals surface area contributed by atoms with Crippen molar-refractivity contribution in [3.05, 3.63) is 64.7 Å². The second-order valence-electron chi connectivity index (χ2n) is 5.84. The van der Waals surface area contributed by atoms with E-state index in [-0.39, 0.29) is 12.0 Å². The Morgan fingerprint density at radius 1 is 1.17 bits per heavy atom. The van der Waals surface area contributed by atoms with Crippen molar-refractivity contribution in [2.45, 2.75) is 19.1 Å². The number of nitrogens with zero attached hydrogens (tertiary/aromatic N) is 1. The second kappa shape index (κ2) is 7.13. The number of anilines is 1. The number of halogens is 1. The molecule has 4 nitrogen and oxygen atoms in total. The number of β-amino-alcohol motifs (C(OH)–C–C–N with tert-alkyl or cyclic N) is 1. The summed E-state index contributed by atoms with van der Waals surface area (Å²) < 4.78 is 0. The monoisotopic (exact) mass is 330 g/mol. The third kappa shape index (κ3) is 4.32. The third-order valence-corrected chi connectivity index (χ3v) is 4.22. The summed E-state index contributed by atoms with van der Waals surface area (Å²) >= 11 is 5.82. The minimum Gasteiger partial charge on any atom is -0.392 e. The molecule has 2 aromatic carbocycles. The molecule has 0 saturated carbocycles. The van der Waals surface area contributed by atoms with Crippen LogP contribution in [0.1, 0.15) is 22.3 Å². The number of nitrogens with one attached hydrogen (secondary N) is 1. The third-order valence-electron chi connectivity index (χ3n) is 3.97. The number of rotatable bonds is 4. The van der Waals surface area contributed by atoms with Crippen molar-refractivity contribution in [3.8, 4) is 0 Å². The Morgan fingerprint density at radius 3 is 2.48 bits per heavy atom. The van der Waals surface area contributed by atoms with E-state index < -0.39 is 0 Å². The Morgan fingerprint density at radius 2 is 1.87 bits per heavy atom. The Bertz CT molecular complexity index is 670. The van der Waals surface area contributed by atoms with Gasteiger partial charge in [-0.05, 0) is 48.4 Å². The van der Waals surface area contributed by atoms with E-state index in [1.165, 1.54) is 5.56 Å². The Hall–Kier alpha value is -1.88. The van der Waals surface area contributed by atoms with Gasteiger partial charge in [-0.25, -0.2) is 0 Å². The molecule has 1 atom stereocenters. The first-order valence-electron chi connectivity index (χ1n) is 7.66. The quantitative estimate of drug-likeness (QED) is 0.905. The molecule has 1 saturated heterocycles. The first-order chi connectivity index (χ1) is 11.1. The maximum atomic E-state index is 12.1. The Kier molecular flexibility index (Phi) is 4.96. The van der Waals surface area contributed by atoms with Gasteiger partial charge in [-0.3, -0.25) is 9.69 Å². The van der Waals surface area contributed by atoms with Crippen LogP contribution in [0.25, 0.3) is 0 Å². The molecular formula is C18H19ClN2O2. The fraction of sp³-hybridized carbons (Fsp3) is 0.278. The van der Waals surface area contributed by atoms with Crippen LogP contribution < -0.4 is 5.32 Å². The fourth-order valence-electron chi connectivity index (χ4n) is 2.71. The van der Waals surface area contributed by atoms with Gasteiger partial charge in [-0.2, -0.15) is 0 Å². The summed E-state index contributed by atoms with van der Waals surface area (Å²) in [6, 6.07) is 14.6. The lowest BCUT2D eigenvalue weighted by molar-refractivity contribution is 0.102. The minimum atomic E-state index is -0.201. The van der Waals surface area contributed by atoms with Gasteiger partial charge >= 0.3 is 0 Å². The highest BCUT2D eigenvalue weighted by Crippen LogP contribution is 2.17. The molecule has 23 heavy (non-hydrogen) atoms. The lowest BCUT2D eigenvalue weighted by atomic mass is 10.1. The number of carbonyl (C=O) groups excluding carboxylic acids is 1. The largest absolute Gasteiger partial charge is 0.392 e. The first kappa shape index (κ1) is 16.0. The summed E-state index contributed by atoms with van der Waals surface area (Å²) in [5.41, 5.74) is 2.50. The average Bonchev–Trinajstić information content (AvgIpc) is 2.95. The maximum absolute atomic E-state index is 12.1. The van der Waals surface area contributed by atoms with Gasteiger partial charge in [0, 0.05) is 35.9 Å². The van der Waals surface area contributed by atoms with Crippen LogP contribution in [0.4, 0.5) is 5.69 Å². The van der Waals surface area contributed by atoms with Gasteiger partial charge in [-0.15, -0.1) is 0 Å². The van der Waals surface area contributed by atoms with Crippen molar-refractivity contribution in [1.82, 2.24) is 4.90 Å². The number of amides is 1. The van der Waals surface area contributed by atoms with Crippen LogP contribution in [0.2, 0.25) is 5.02 Å². The summed E-state index contributed by atoms with van der Waals surface area (Å²) in [7, 11) is 0. The van der Waals surface area contributed by atoms with Crippen molar-refractivity contribution in [3.63, 3.8) is 0 Å². The zero-order chi connectivity index (χ0) is 16.2. The van der Waals surface area contributed by atoms with E-state index in [1.807, 2.05) is 24.3 Å². The molecule has 5 heteroatoms. The van der Waals surface area contributed by atoms with Crippen LogP contribution in [-0.4, -0.2) is 35.1 Å². The van der Waals surface area contributed by atoms with Gasteiger partial charge in [0.1, 0.15) is 0 Å². The summed E-state index contributed by atoms with van der Waals surface area (Å²) in [6.45, 7) is 2.48. The predicted octanol–water partition coefficient (Wildman–Crippen LogP) is 3.16. The SMILES string of the molecule is O=C(Nc1ccc(CN2CCC(O)C2)cc1)c1ccc(Cl)cc1. The number of likely N-dealkylation sites (tertiary alicyclic amines) is 1. The first-order valence-corrected chi connectivity index (χ1v) is 8.04. The van der Waals surface area contributed by atoms with Gasteiger partial charge in [0.25, 0.3) is 5.91 Å². The normalized spacial score (nSPS) is 18.1. The van der Waals surface area contributed by atoms with Crippen LogP contribution in [-0.2, 0) is 6.54 Å². The molecule has 0 radical (unpaired) electrons. The summed E-state index contributed by atoms with van der Waals surface area (Å²) in [4.78, 5) is 14.4. The highest BCUT2D eigenvalue weighted by atomic mass is 35.5. The van der Waals surface area contributed by atoms with E-state index in [9.17, 15) is 9.90 Å². The van der Waals surface area contributed by atoms with E-state index in [2.05, 4.69) is 10.2 Å². The van der Waals surface area contributed by atoms with E-state index in [0.29, 0.717) is 10.6 Å². The smallest absolute Gasteiger partial charge is 0.255 e. The van der Waals surface area contributed by atoms with E-state index in [0.717, 1.165) is 31.7 Å². The zero-order valence-electron chi connectivity index (χ0n) is 12.7. The second-order valence-corrected chi connectivity index (χ2v) is 6.27. The van der Waals surface area contributed by atoms with Gasteiger partial charge in [0.05, 0.1) is 6.10 Å². The fourth-order valence-corrected chi connectivity index (χ4v) is 2.84. The number of aliphatic hydroxyl groups is 1. The number of hydrogen-bond donors (Lipinski definition) is 2. The van der Waals surface area contributed by atoms with Crippen molar-refractivity contribution in [2.75, 3.05) is 18.4 Å². The van der Waals surface area contributed by atoms with Crippen molar-refractivity contribution in [1.29, 1.82) is 0 Å². The Labute approximate surface area is 140 Å².